The van der Waals surface area contributed by atoms with Gasteiger partial charge in [0.05, 0.1) is 32.0 Å². The van der Waals surface area contributed by atoms with Crippen LogP contribution in [0.3, 0.4) is 0 Å². The molecule has 2 saturated heterocycles. The lowest BCUT2D eigenvalue weighted by Crippen LogP contribution is -2.65. The van der Waals surface area contributed by atoms with Crippen LogP contribution in [-0.4, -0.2) is 140 Å². The van der Waals surface area contributed by atoms with Crippen molar-refractivity contribution in [3.05, 3.63) is 60.8 Å². The van der Waals surface area contributed by atoms with E-state index in [2.05, 4.69) is 79.9 Å². The number of ether oxygens (including phenoxy) is 4. The molecule has 0 aromatic rings. The molecule has 0 spiro atoms. The highest BCUT2D eigenvalue weighted by molar-refractivity contribution is 5.76. The van der Waals surface area contributed by atoms with Crippen molar-refractivity contribution in [2.45, 2.75) is 299 Å². The summed E-state index contributed by atoms with van der Waals surface area (Å²) in [5, 5.41) is 87.3. The summed E-state index contributed by atoms with van der Waals surface area (Å²) in [4.78, 5) is 13.3. The minimum atomic E-state index is -1.79. The van der Waals surface area contributed by atoms with Crippen molar-refractivity contribution >= 4 is 5.91 Å². The summed E-state index contributed by atoms with van der Waals surface area (Å²) in [7, 11) is 0. The highest BCUT2D eigenvalue weighted by Gasteiger charge is 2.51. The normalized spacial score (nSPS) is 25.5. The largest absolute Gasteiger partial charge is 0.394 e. The second-order valence-electron chi connectivity index (χ2n) is 21.1. The zero-order valence-corrected chi connectivity index (χ0v) is 46.8. The number of hydrogen-bond acceptors (Lipinski definition) is 13. The maximum absolute atomic E-state index is 13.3. The number of hydrogen-bond donors (Lipinski definition) is 9. The maximum atomic E-state index is 13.3. The standard InChI is InChI=1S/C61H109NO13/c1-3-5-7-9-11-13-15-17-19-21-23-24-25-26-27-29-31-33-35-37-39-41-43-45-53(66)62-49(50(65)44-42-40-38-36-34-32-30-28-22-20-18-16-14-12-10-8-6-4-2)48-72-60-58(71)56(69)59(52(47-64)74-60)75-61-57(70)55(68)54(67)51(46-63)73-61/h5,7,11,13,17,19,23-24,26-27,49-52,54-61,63-65,67-71H,3-4,6,8-10,12,14-16,18,20-22,25,28-48H2,1-2H3,(H,62,66)/b7-5-,13-11-,19-17-,24-23-,27-26-. The Morgan fingerprint density at radius 3 is 1.41 bits per heavy atom. The third kappa shape index (κ3) is 32.4. The van der Waals surface area contributed by atoms with Gasteiger partial charge in [0, 0.05) is 6.42 Å². The predicted octanol–water partition coefficient (Wildman–Crippen LogP) is 10.2. The van der Waals surface area contributed by atoms with Crippen LogP contribution in [0, 0.1) is 0 Å². The van der Waals surface area contributed by atoms with E-state index in [1.165, 1.54) is 96.3 Å². The molecule has 0 radical (unpaired) electrons. The second kappa shape index (κ2) is 46.6. The number of aliphatic hydroxyl groups excluding tert-OH is 8. The van der Waals surface area contributed by atoms with Crippen LogP contribution in [0.4, 0.5) is 0 Å². The van der Waals surface area contributed by atoms with Gasteiger partial charge in [-0.15, -0.1) is 0 Å². The molecule has 0 aromatic heterocycles. The molecule has 2 rings (SSSR count). The summed E-state index contributed by atoms with van der Waals surface area (Å²) in [5.74, 6) is -0.219. The van der Waals surface area contributed by atoms with E-state index in [-0.39, 0.29) is 18.9 Å². The van der Waals surface area contributed by atoms with Crippen molar-refractivity contribution in [1.29, 1.82) is 0 Å². The third-order valence-electron chi connectivity index (χ3n) is 14.5. The minimum Gasteiger partial charge on any atom is -0.394 e. The Hall–Kier alpha value is -2.31. The SMILES string of the molecule is CC/C=C\C/C=C\C/C=C\C/C=C\C/C=C\CCCCCCCCCC(=O)NC(COC1OC(CO)C(OC2OC(CO)C(O)C(O)C2O)C(O)C1O)C(O)CCCCCCCCCCCCCCCCCCCC. The highest BCUT2D eigenvalue weighted by atomic mass is 16.7. The van der Waals surface area contributed by atoms with Gasteiger partial charge in [-0.25, -0.2) is 0 Å². The maximum Gasteiger partial charge on any atom is 0.220 e. The molecule has 2 aliphatic rings. The van der Waals surface area contributed by atoms with Gasteiger partial charge < -0.3 is 65.1 Å². The molecule has 2 heterocycles. The van der Waals surface area contributed by atoms with E-state index < -0.39 is 86.8 Å². The molecule has 14 nitrogen and oxygen atoms in total. The fourth-order valence-electron chi connectivity index (χ4n) is 9.68. The van der Waals surface area contributed by atoms with Crippen LogP contribution in [0.5, 0.6) is 0 Å². The van der Waals surface area contributed by atoms with Gasteiger partial charge >= 0.3 is 0 Å². The van der Waals surface area contributed by atoms with Crippen LogP contribution in [0.1, 0.15) is 226 Å². The van der Waals surface area contributed by atoms with Crippen LogP contribution < -0.4 is 5.32 Å². The van der Waals surface area contributed by atoms with E-state index in [0.29, 0.717) is 12.8 Å². The number of aliphatic hydroxyl groups is 8. The molecule has 0 bridgehead atoms. The molecule has 0 saturated carbocycles. The van der Waals surface area contributed by atoms with Crippen molar-refractivity contribution in [1.82, 2.24) is 5.32 Å². The molecule has 0 aliphatic carbocycles. The van der Waals surface area contributed by atoms with E-state index in [0.717, 1.165) is 96.3 Å². The highest BCUT2D eigenvalue weighted by Crippen LogP contribution is 2.30. The van der Waals surface area contributed by atoms with Crippen molar-refractivity contribution in [2.75, 3.05) is 19.8 Å². The quantitative estimate of drug-likeness (QED) is 0.0204. The van der Waals surface area contributed by atoms with Gasteiger partial charge in [0.2, 0.25) is 5.91 Å². The van der Waals surface area contributed by atoms with Crippen LogP contribution >= 0.6 is 0 Å². The lowest BCUT2D eigenvalue weighted by molar-refractivity contribution is -0.359. The molecule has 12 atom stereocenters. The molecule has 12 unspecified atom stereocenters. The monoisotopic (exact) mass is 1060 g/mol. The lowest BCUT2D eigenvalue weighted by Gasteiger charge is -2.46. The molecule has 9 N–H and O–H groups in total. The summed E-state index contributed by atoms with van der Waals surface area (Å²) in [5.41, 5.74) is 0. The van der Waals surface area contributed by atoms with Crippen molar-refractivity contribution in [2.24, 2.45) is 0 Å². The van der Waals surface area contributed by atoms with E-state index in [1.54, 1.807) is 0 Å². The number of carbonyl (C=O) groups is 1. The van der Waals surface area contributed by atoms with Gasteiger partial charge in [-0.05, 0) is 57.8 Å². The predicted molar refractivity (Wildman–Crippen MR) is 300 cm³/mol. The van der Waals surface area contributed by atoms with Gasteiger partial charge in [0.25, 0.3) is 0 Å². The van der Waals surface area contributed by atoms with Gasteiger partial charge in [0.15, 0.2) is 12.6 Å². The van der Waals surface area contributed by atoms with Crippen LogP contribution in [0.15, 0.2) is 60.8 Å². The zero-order chi connectivity index (χ0) is 54.6. The number of nitrogens with one attached hydrogen (secondary N) is 1. The first-order valence-corrected chi connectivity index (χ1v) is 30.0. The van der Waals surface area contributed by atoms with Gasteiger partial charge in [0.1, 0.15) is 48.8 Å². The van der Waals surface area contributed by atoms with Crippen molar-refractivity contribution < 1.29 is 64.6 Å². The number of carbonyl (C=O) groups excluding carboxylic acids is 1. The van der Waals surface area contributed by atoms with Crippen LogP contribution in [0.2, 0.25) is 0 Å². The molecule has 75 heavy (non-hydrogen) atoms. The van der Waals surface area contributed by atoms with Gasteiger partial charge in [-0.1, -0.05) is 222 Å². The lowest BCUT2D eigenvalue weighted by atomic mass is 9.97. The van der Waals surface area contributed by atoms with E-state index in [9.17, 15) is 45.6 Å². The Morgan fingerprint density at radius 2 is 0.920 bits per heavy atom. The fraction of sp³-hybridized carbons (Fsp3) is 0.820. The zero-order valence-electron chi connectivity index (χ0n) is 46.8. The Bertz CT molecular complexity index is 1490. The number of allylic oxidation sites excluding steroid dienone is 10. The Morgan fingerprint density at radius 1 is 0.493 bits per heavy atom. The molecule has 436 valence electrons. The first kappa shape index (κ1) is 68.8. The summed E-state index contributed by atoms with van der Waals surface area (Å²) in [6.07, 6.45) is 42.1. The topological polar surface area (TPSA) is 228 Å². The third-order valence-corrected chi connectivity index (χ3v) is 14.5. The Kier molecular flexibility index (Phi) is 42.7. The summed E-state index contributed by atoms with van der Waals surface area (Å²) in [6, 6.07) is -0.838. The first-order chi connectivity index (χ1) is 36.6. The molecule has 14 heteroatoms. The number of rotatable bonds is 47. The smallest absolute Gasteiger partial charge is 0.220 e. The molecule has 1 amide bonds. The average Bonchev–Trinajstić information content (AvgIpc) is 3.41. The summed E-state index contributed by atoms with van der Waals surface area (Å²) >= 11 is 0. The summed E-state index contributed by atoms with van der Waals surface area (Å²) < 4.78 is 22.8. The number of amides is 1. The Labute approximate surface area is 454 Å². The van der Waals surface area contributed by atoms with E-state index in [1.807, 2.05) is 0 Å². The van der Waals surface area contributed by atoms with Crippen LogP contribution in [-0.2, 0) is 23.7 Å². The molecule has 2 aliphatic heterocycles. The molecule has 0 aromatic carbocycles. The van der Waals surface area contributed by atoms with Crippen molar-refractivity contribution in [3.8, 4) is 0 Å². The van der Waals surface area contributed by atoms with Crippen molar-refractivity contribution in [3.63, 3.8) is 0 Å². The van der Waals surface area contributed by atoms with Gasteiger partial charge in [-0.2, -0.15) is 0 Å². The van der Waals surface area contributed by atoms with Crippen LogP contribution in [0.25, 0.3) is 0 Å². The molecule has 2 fully saturated rings. The number of unbranched alkanes of at least 4 members (excludes halogenated alkanes) is 24. The first-order valence-electron chi connectivity index (χ1n) is 30.0. The summed E-state index contributed by atoms with van der Waals surface area (Å²) in [6.45, 7) is 2.75. The second-order valence-corrected chi connectivity index (χ2v) is 21.1. The van der Waals surface area contributed by atoms with Gasteiger partial charge in [-0.3, -0.25) is 4.79 Å². The van der Waals surface area contributed by atoms with E-state index in [4.69, 9.17) is 18.9 Å². The van der Waals surface area contributed by atoms with E-state index >= 15 is 0 Å². The fourth-order valence-corrected chi connectivity index (χ4v) is 9.68. The molecular weight excluding hydrogens is 955 g/mol. The minimum absolute atomic E-state index is 0.219. The molecular formula is C61H109NO13. The average molecular weight is 1060 g/mol. The Balaban J connectivity index is 1.76.